The highest BCUT2D eigenvalue weighted by molar-refractivity contribution is 5.83. The Hall–Kier alpha value is -1.83. The number of hydrogen-bond acceptors (Lipinski definition) is 1. The molecule has 1 unspecified atom stereocenters. The SMILES string of the molecule is O=C1NCCCCC1Cc1ccc2ccccc2c1. The minimum atomic E-state index is 0.142. The first kappa shape index (κ1) is 12.2. The van der Waals surface area contributed by atoms with Crippen LogP contribution in [0.15, 0.2) is 42.5 Å². The molecule has 1 atom stereocenters. The Morgan fingerprint density at radius 3 is 2.79 bits per heavy atom. The van der Waals surface area contributed by atoms with Crippen molar-refractivity contribution in [1.82, 2.24) is 5.32 Å². The summed E-state index contributed by atoms with van der Waals surface area (Å²) in [6.45, 7) is 0.840. The van der Waals surface area contributed by atoms with Crippen molar-refractivity contribution in [3.63, 3.8) is 0 Å². The second-order valence-electron chi connectivity index (χ2n) is 5.37. The smallest absolute Gasteiger partial charge is 0.223 e. The minimum absolute atomic E-state index is 0.142. The Kier molecular flexibility index (Phi) is 3.49. The quantitative estimate of drug-likeness (QED) is 0.874. The topological polar surface area (TPSA) is 29.1 Å². The third kappa shape index (κ3) is 2.78. The molecule has 19 heavy (non-hydrogen) atoms. The van der Waals surface area contributed by atoms with Gasteiger partial charge in [-0.15, -0.1) is 0 Å². The summed E-state index contributed by atoms with van der Waals surface area (Å²) >= 11 is 0. The molecule has 1 fully saturated rings. The maximum Gasteiger partial charge on any atom is 0.223 e. The van der Waals surface area contributed by atoms with Crippen LogP contribution in [0.25, 0.3) is 10.8 Å². The molecule has 0 bridgehead atoms. The van der Waals surface area contributed by atoms with Crippen LogP contribution in [0.1, 0.15) is 24.8 Å². The first-order valence-electron chi connectivity index (χ1n) is 7.08. The fourth-order valence-electron chi connectivity index (χ4n) is 2.85. The van der Waals surface area contributed by atoms with Crippen molar-refractivity contribution in [3.8, 4) is 0 Å². The van der Waals surface area contributed by atoms with Crippen LogP contribution in [0, 0.1) is 5.92 Å². The highest BCUT2D eigenvalue weighted by atomic mass is 16.1. The van der Waals surface area contributed by atoms with Gasteiger partial charge in [-0.3, -0.25) is 4.79 Å². The molecule has 1 saturated heterocycles. The molecule has 1 amide bonds. The Labute approximate surface area is 113 Å². The number of rotatable bonds is 2. The van der Waals surface area contributed by atoms with Crippen molar-refractivity contribution in [2.45, 2.75) is 25.7 Å². The largest absolute Gasteiger partial charge is 0.356 e. The van der Waals surface area contributed by atoms with Crippen molar-refractivity contribution in [2.24, 2.45) is 5.92 Å². The normalized spacial score (nSPS) is 20.0. The van der Waals surface area contributed by atoms with Crippen LogP contribution in [0.3, 0.4) is 0 Å². The fourth-order valence-corrected chi connectivity index (χ4v) is 2.85. The first-order valence-corrected chi connectivity index (χ1v) is 7.08. The molecular formula is C17H19NO. The number of hydrogen-bond donors (Lipinski definition) is 1. The van der Waals surface area contributed by atoms with Crippen LogP contribution < -0.4 is 5.32 Å². The number of carbonyl (C=O) groups excluding carboxylic acids is 1. The highest BCUT2D eigenvalue weighted by Crippen LogP contribution is 2.21. The first-order chi connectivity index (χ1) is 9.33. The number of carbonyl (C=O) groups is 1. The van der Waals surface area contributed by atoms with E-state index >= 15 is 0 Å². The number of benzene rings is 2. The summed E-state index contributed by atoms with van der Waals surface area (Å²) in [7, 11) is 0. The Morgan fingerprint density at radius 1 is 1.05 bits per heavy atom. The molecule has 3 rings (SSSR count). The van der Waals surface area contributed by atoms with Crippen LogP contribution in [0.5, 0.6) is 0 Å². The monoisotopic (exact) mass is 253 g/mol. The number of amides is 1. The lowest BCUT2D eigenvalue weighted by Crippen LogP contribution is -2.30. The van der Waals surface area contributed by atoms with E-state index in [9.17, 15) is 4.79 Å². The molecule has 0 saturated carbocycles. The molecule has 2 aromatic carbocycles. The fraction of sp³-hybridized carbons (Fsp3) is 0.353. The second-order valence-corrected chi connectivity index (χ2v) is 5.37. The third-order valence-electron chi connectivity index (χ3n) is 3.95. The average molecular weight is 253 g/mol. The molecule has 0 spiro atoms. The van der Waals surface area contributed by atoms with Gasteiger partial charge in [-0.2, -0.15) is 0 Å². The van der Waals surface area contributed by atoms with Gasteiger partial charge in [0.2, 0.25) is 5.91 Å². The maximum atomic E-state index is 12.0. The van der Waals surface area contributed by atoms with E-state index in [1.165, 1.54) is 16.3 Å². The molecule has 98 valence electrons. The Balaban J connectivity index is 1.82. The zero-order chi connectivity index (χ0) is 13.1. The van der Waals surface area contributed by atoms with Crippen molar-refractivity contribution in [2.75, 3.05) is 6.54 Å². The van der Waals surface area contributed by atoms with Gasteiger partial charge in [0.05, 0.1) is 0 Å². The Bertz CT molecular complexity index is 591. The van der Waals surface area contributed by atoms with E-state index < -0.39 is 0 Å². The van der Waals surface area contributed by atoms with Crippen LogP contribution in [0.2, 0.25) is 0 Å². The van der Waals surface area contributed by atoms with Gasteiger partial charge in [-0.25, -0.2) is 0 Å². The zero-order valence-corrected chi connectivity index (χ0v) is 11.1. The molecule has 2 nitrogen and oxygen atoms in total. The van der Waals surface area contributed by atoms with E-state index in [1.807, 2.05) is 0 Å². The molecule has 0 aliphatic carbocycles. The van der Waals surface area contributed by atoms with Crippen LogP contribution in [-0.2, 0) is 11.2 Å². The summed E-state index contributed by atoms with van der Waals surface area (Å²) in [6.07, 6.45) is 4.13. The lowest BCUT2D eigenvalue weighted by molar-refractivity contribution is -0.124. The van der Waals surface area contributed by atoms with Crippen molar-refractivity contribution in [1.29, 1.82) is 0 Å². The molecule has 2 heteroatoms. The molecule has 0 radical (unpaired) electrons. The van der Waals surface area contributed by atoms with Crippen molar-refractivity contribution < 1.29 is 4.79 Å². The Morgan fingerprint density at radius 2 is 1.89 bits per heavy atom. The van der Waals surface area contributed by atoms with Crippen LogP contribution in [0.4, 0.5) is 0 Å². The van der Waals surface area contributed by atoms with Gasteiger partial charge in [0.15, 0.2) is 0 Å². The summed E-state index contributed by atoms with van der Waals surface area (Å²) in [6, 6.07) is 14.9. The molecule has 1 aliphatic heterocycles. The zero-order valence-electron chi connectivity index (χ0n) is 11.1. The van der Waals surface area contributed by atoms with Crippen LogP contribution >= 0.6 is 0 Å². The van der Waals surface area contributed by atoms with E-state index in [0.717, 1.165) is 32.2 Å². The van der Waals surface area contributed by atoms with Gasteiger partial charge in [-0.1, -0.05) is 48.9 Å². The van der Waals surface area contributed by atoms with E-state index in [4.69, 9.17) is 0 Å². The van der Waals surface area contributed by atoms with Gasteiger partial charge in [0.25, 0.3) is 0 Å². The predicted octanol–water partition coefficient (Wildman–Crippen LogP) is 3.30. The lowest BCUT2D eigenvalue weighted by Gasteiger charge is -2.13. The maximum absolute atomic E-state index is 12.0. The van der Waals surface area contributed by atoms with Crippen molar-refractivity contribution >= 4 is 16.7 Å². The summed E-state index contributed by atoms with van der Waals surface area (Å²) in [4.78, 5) is 12.0. The number of fused-ring (bicyclic) bond motifs is 1. The van der Waals surface area contributed by atoms with Gasteiger partial charge in [-0.05, 0) is 35.6 Å². The summed E-state index contributed by atoms with van der Waals surface area (Å²) in [5, 5.41) is 5.53. The highest BCUT2D eigenvalue weighted by Gasteiger charge is 2.20. The second kappa shape index (κ2) is 5.43. The van der Waals surface area contributed by atoms with E-state index in [-0.39, 0.29) is 11.8 Å². The third-order valence-corrected chi connectivity index (χ3v) is 3.95. The predicted molar refractivity (Wildman–Crippen MR) is 78.0 cm³/mol. The van der Waals surface area contributed by atoms with Crippen LogP contribution in [-0.4, -0.2) is 12.5 Å². The van der Waals surface area contributed by atoms with E-state index in [2.05, 4.69) is 47.8 Å². The molecule has 1 N–H and O–H groups in total. The molecule has 1 aliphatic rings. The van der Waals surface area contributed by atoms with Gasteiger partial charge in [0, 0.05) is 12.5 Å². The molecular weight excluding hydrogens is 234 g/mol. The molecule has 2 aromatic rings. The lowest BCUT2D eigenvalue weighted by atomic mass is 9.93. The van der Waals surface area contributed by atoms with Gasteiger partial charge in [0.1, 0.15) is 0 Å². The van der Waals surface area contributed by atoms with Gasteiger partial charge >= 0.3 is 0 Å². The molecule has 1 heterocycles. The molecule has 0 aromatic heterocycles. The van der Waals surface area contributed by atoms with Gasteiger partial charge < -0.3 is 5.32 Å². The summed E-state index contributed by atoms with van der Waals surface area (Å²) < 4.78 is 0. The average Bonchev–Trinajstić information content (AvgIpc) is 2.64. The minimum Gasteiger partial charge on any atom is -0.356 e. The van der Waals surface area contributed by atoms with E-state index in [0.29, 0.717) is 0 Å². The summed E-state index contributed by atoms with van der Waals surface area (Å²) in [5.41, 5.74) is 1.26. The standard InChI is InChI=1S/C17H19NO/c19-17-16(7-3-4-10-18-17)12-13-8-9-14-5-1-2-6-15(14)11-13/h1-2,5-6,8-9,11,16H,3-4,7,10,12H2,(H,18,19). The summed E-state index contributed by atoms with van der Waals surface area (Å²) in [5.74, 6) is 0.370. The van der Waals surface area contributed by atoms with E-state index in [1.54, 1.807) is 0 Å². The van der Waals surface area contributed by atoms with Crippen molar-refractivity contribution in [3.05, 3.63) is 48.0 Å². The number of nitrogens with one attached hydrogen (secondary N) is 1.